The monoisotopic (exact) mass is 431 g/mol. The molecule has 0 aliphatic rings. The third kappa shape index (κ3) is 4.27. The Hall–Kier alpha value is -4.27. The first-order valence-corrected chi connectivity index (χ1v) is 9.94. The molecule has 0 unspecified atom stereocenters. The van der Waals surface area contributed by atoms with Crippen LogP contribution in [0, 0.1) is 0 Å². The summed E-state index contributed by atoms with van der Waals surface area (Å²) in [6, 6.07) is 11.0. The number of nitrogens with one attached hydrogen (secondary N) is 1. The normalized spacial score (nSPS) is 11.3. The van der Waals surface area contributed by atoms with Crippen molar-refractivity contribution in [2.24, 2.45) is 14.1 Å². The minimum absolute atomic E-state index is 0.266. The van der Waals surface area contributed by atoms with Crippen LogP contribution in [0.15, 0.2) is 64.5 Å². The predicted octanol–water partition coefficient (Wildman–Crippen LogP) is 1.82. The average molecular weight is 431 g/mol. The maximum absolute atomic E-state index is 12.3. The summed E-state index contributed by atoms with van der Waals surface area (Å²) in [6.07, 6.45) is 7.08. The zero-order valence-electron chi connectivity index (χ0n) is 17.6. The lowest BCUT2D eigenvalue weighted by molar-refractivity contribution is -0.137. The number of aromatic amines is 1. The number of aryl methyl sites for hydroxylation is 1. The summed E-state index contributed by atoms with van der Waals surface area (Å²) in [5.41, 5.74) is 2.25. The van der Waals surface area contributed by atoms with Gasteiger partial charge in [-0.2, -0.15) is 0 Å². The third-order valence-electron chi connectivity index (χ3n) is 5.05. The Bertz CT molecular complexity index is 1410. The van der Waals surface area contributed by atoms with E-state index in [1.165, 1.54) is 17.7 Å². The zero-order chi connectivity index (χ0) is 22.7. The maximum Gasteiger partial charge on any atom is 0.332 e. The van der Waals surface area contributed by atoms with E-state index in [2.05, 4.69) is 15.0 Å². The number of pyridine rings is 1. The van der Waals surface area contributed by atoms with Crippen molar-refractivity contribution in [1.82, 2.24) is 24.1 Å². The number of benzene rings is 1. The molecule has 3 aromatic heterocycles. The summed E-state index contributed by atoms with van der Waals surface area (Å²) in [4.78, 5) is 47.7. The number of aromatic nitrogens is 5. The van der Waals surface area contributed by atoms with Gasteiger partial charge >= 0.3 is 11.7 Å². The van der Waals surface area contributed by atoms with Gasteiger partial charge in [-0.25, -0.2) is 14.6 Å². The second-order valence-electron chi connectivity index (χ2n) is 7.22. The molecule has 0 aliphatic heterocycles. The Morgan fingerprint density at radius 3 is 2.62 bits per heavy atom. The SMILES string of the molecule is Cn1c(=O)c2[nH]c(-c3ccc(/C=C/C(=O)OCCc4cccnc4)cc3)nc2n(C)c1=O. The molecule has 3 heterocycles. The molecule has 1 aromatic carbocycles. The summed E-state index contributed by atoms with van der Waals surface area (Å²) >= 11 is 0. The Balaban J connectivity index is 1.43. The van der Waals surface area contributed by atoms with Crippen molar-refractivity contribution in [3.63, 3.8) is 0 Å². The van der Waals surface area contributed by atoms with Crippen molar-refractivity contribution in [2.75, 3.05) is 6.61 Å². The highest BCUT2D eigenvalue weighted by molar-refractivity contribution is 5.87. The number of esters is 1. The van der Waals surface area contributed by atoms with Crippen LogP contribution in [-0.4, -0.2) is 36.7 Å². The fraction of sp³-hybridized carbons (Fsp3) is 0.174. The Morgan fingerprint density at radius 1 is 1.12 bits per heavy atom. The zero-order valence-corrected chi connectivity index (χ0v) is 17.6. The molecule has 32 heavy (non-hydrogen) atoms. The second-order valence-corrected chi connectivity index (χ2v) is 7.22. The summed E-state index contributed by atoms with van der Waals surface area (Å²) < 4.78 is 7.57. The smallest absolute Gasteiger partial charge is 0.332 e. The van der Waals surface area contributed by atoms with E-state index in [9.17, 15) is 14.4 Å². The van der Waals surface area contributed by atoms with Gasteiger partial charge in [0.1, 0.15) is 11.3 Å². The second kappa shape index (κ2) is 8.84. The lowest BCUT2D eigenvalue weighted by atomic mass is 10.1. The molecule has 9 nitrogen and oxygen atoms in total. The summed E-state index contributed by atoms with van der Waals surface area (Å²) in [7, 11) is 2.99. The molecule has 0 amide bonds. The summed E-state index contributed by atoms with van der Waals surface area (Å²) in [5, 5.41) is 0. The molecule has 0 atom stereocenters. The molecule has 0 spiro atoms. The van der Waals surface area contributed by atoms with Crippen molar-refractivity contribution in [3.8, 4) is 11.4 Å². The number of H-pyrrole nitrogens is 1. The van der Waals surface area contributed by atoms with Crippen molar-refractivity contribution in [3.05, 3.63) is 86.8 Å². The topological polar surface area (TPSA) is 112 Å². The molecular weight excluding hydrogens is 410 g/mol. The van der Waals surface area contributed by atoms with Crippen LogP contribution >= 0.6 is 0 Å². The number of nitrogens with zero attached hydrogens (tertiary/aromatic N) is 4. The Morgan fingerprint density at radius 2 is 1.91 bits per heavy atom. The molecule has 0 aliphatic carbocycles. The van der Waals surface area contributed by atoms with Crippen LogP contribution in [0.5, 0.6) is 0 Å². The highest BCUT2D eigenvalue weighted by atomic mass is 16.5. The average Bonchev–Trinajstić information content (AvgIpc) is 3.27. The van der Waals surface area contributed by atoms with Crippen molar-refractivity contribution in [1.29, 1.82) is 0 Å². The predicted molar refractivity (Wildman–Crippen MR) is 120 cm³/mol. The van der Waals surface area contributed by atoms with Gasteiger partial charge in [-0.1, -0.05) is 30.3 Å². The van der Waals surface area contributed by atoms with E-state index in [1.807, 2.05) is 36.4 Å². The molecule has 0 bridgehead atoms. The molecule has 9 heteroatoms. The number of hydrogen-bond acceptors (Lipinski definition) is 6. The first-order chi connectivity index (χ1) is 15.4. The molecule has 0 fully saturated rings. The Kier molecular flexibility index (Phi) is 5.80. The molecule has 1 N–H and O–H groups in total. The maximum atomic E-state index is 12.3. The van der Waals surface area contributed by atoms with Crippen LogP contribution < -0.4 is 11.2 Å². The van der Waals surface area contributed by atoms with E-state index in [0.717, 1.165) is 21.3 Å². The van der Waals surface area contributed by atoms with Gasteiger partial charge in [-0.3, -0.25) is 18.9 Å². The van der Waals surface area contributed by atoms with Crippen LogP contribution in [0.25, 0.3) is 28.6 Å². The van der Waals surface area contributed by atoms with E-state index < -0.39 is 17.2 Å². The molecule has 0 radical (unpaired) electrons. The van der Waals surface area contributed by atoms with Gasteiger partial charge in [0.2, 0.25) is 0 Å². The van der Waals surface area contributed by atoms with Crippen LogP contribution in [0.1, 0.15) is 11.1 Å². The standard InChI is InChI=1S/C23H21N5O4/c1-27-21-19(22(30)28(2)23(27)31)25-20(26-21)17-8-5-15(6-9-17)7-10-18(29)32-13-11-16-4-3-12-24-14-16/h3-10,12,14H,11,13H2,1-2H3,(H,25,26)/b10-7+. The number of ether oxygens (including phenoxy) is 1. The molecule has 4 aromatic rings. The van der Waals surface area contributed by atoms with E-state index >= 15 is 0 Å². The number of carbonyl (C=O) groups excluding carboxylic acids is 1. The summed E-state index contributed by atoms with van der Waals surface area (Å²) in [6.45, 7) is 0.280. The third-order valence-corrected chi connectivity index (χ3v) is 5.05. The van der Waals surface area contributed by atoms with Crippen LogP contribution in [0.3, 0.4) is 0 Å². The number of rotatable bonds is 6. The van der Waals surface area contributed by atoms with E-state index in [-0.39, 0.29) is 12.1 Å². The van der Waals surface area contributed by atoms with Gasteiger partial charge in [-0.05, 0) is 23.3 Å². The molecular formula is C23H21N5O4. The first kappa shape index (κ1) is 21.0. The molecule has 4 rings (SSSR count). The fourth-order valence-corrected chi connectivity index (χ4v) is 3.24. The lowest BCUT2D eigenvalue weighted by Crippen LogP contribution is -2.36. The fourth-order valence-electron chi connectivity index (χ4n) is 3.24. The van der Waals surface area contributed by atoms with E-state index in [1.54, 1.807) is 25.5 Å². The van der Waals surface area contributed by atoms with Crippen molar-refractivity contribution >= 4 is 23.2 Å². The van der Waals surface area contributed by atoms with Crippen LogP contribution in [0.2, 0.25) is 0 Å². The van der Waals surface area contributed by atoms with E-state index in [0.29, 0.717) is 17.9 Å². The van der Waals surface area contributed by atoms with Gasteiger partial charge < -0.3 is 9.72 Å². The van der Waals surface area contributed by atoms with Crippen LogP contribution in [0.4, 0.5) is 0 Å². The van der Waals surface area contributed by atoms with Gasteiger partial charge in [-0.15, -0.1) is 0 Å². The number of imidazole rings is 1. The van der Waals surface area contributed by atoms with Crippen molar-refractivity contribution < 1.29 is 9.53 Å². The minimum Gasteiger partial charge on any atom is -0.462 e. The highest BCUT2D eigenvalue weighted by Gasteiger charge is 2.14. The minimum atomic E-state index is -0.437. The van der Waals surface area contributed by atoms with Gasteiger partial charge in [0, 0.05) is 44.5 Å². The van der Waals surface area contributed by atoms with Gasteiger partial charge in [0.15, 0.2) is 5.65 Å². The quantitative estimate of drug-likeness (QED) is 0.368. The lowest BCUT2D eigenvalue weighted by Gasteiger charge is -2.02. The Labute approximate surface area is 182 Å². The first-order valence-electron chi connectivity index (χ1n) is 9.94. The van der Waals surface area contributed by atoms with Gasteiger partial charge in [0.05, 0.1) is 6.61 Å². The molecule has 0 saturated carbocycles. The molecule has 162 valence electrons. The summed E-state index contributed by atoms with van der Waals surface area (Å²) in [5.74, 6) is 0.0515. The number of carbonyl (C=O) groups is 1. The largest absolute Gasteiger partial charge is 0.462 e. The van der Waals surface area contributed by atoms with Crippen molar-refractivity contribution in [2.45, 2.75) is 6.42 Å². The number of hydrogen-bond donors (Lipinski definition) is 1. The van der Waals surface area contributed by atoms with Gasteiger partial charge in [0.25, 0.3) is 5.56 Å². The molecule has 0 saturated heterocycles. The van der Waals surface area contributed by atoms with E-state index in [4.69, 9.17) is 4.74 Å². The van der Waals surface area contributed by atoms with Crippen LogP contribution in [-0.2, 0) is 30.0 Å². The number of fused-ring (bicyclic) bond motifs is 1. The highest BCUT2D eigenvalue weighted by Crippen LogP contribution is 2.19.